The molecule has 0 bridgehead atoms. The van der Waals surface area contributed by atoms with E-state index in [4.69, 9.17) is 4.42 Å². The zero-order valence-electron chi connectivity index (χ0n) is 13.5. The lowest BCUT2D eigenvalue weighted by Gasteiger charge is -2.06. The van der Waals surface area contributed by atoms with Crippen molar-refractivity contribution in [2.24, 2.45) is 0 Å². The van der Waals surface area contributed by atoms with Crippen molar-refractivity contribution in [2.75, 3.05) is 0 Å². The van der Waals surface area contributed by atoms with E-state index in [1.54, 1.807) is 22.9 Å². The first-order valence-electron chi connectivity index (χ1n) is 7.82. The van der Waals surface area contributed by atoms with Gasteiger partial charge in [0, 0.05) is 10.9 Å². The predicted octanol–water partition coefficient (Wildman–Crippen LogP) is 2.65. The maximum Gasteiger partial charge on any atom is 0.251 e. The summed E-state index contributed by atoms with van der Waals surface area (Å²) in [5, 5.41) is 15.4. The van der Waals surface area contributed by atoms with Gasteiger partial charge in [-0.2, -0.15) is 4.68 Å². The second-order valence-electron chi connectivity index (χ2n) is 5.63. The molecule has 2 heterocycles. The van der Waals surface area contributed by atoms with Crippen molar-refractivity contribution < 1.29 is 9.21 Å². The van der Waals surface area contributed by atoms with Crippen molar-refractivity contribution in [2.45, 2.75) is 13.5 Å². The van der Waals surface area contributed by atoms with Crippen LogP contribution in [0.15, 0.2) is 59.0 Å². The number of benzene rings is 2. The molecule has 7 nitrogen and oxygen atoms in total. The highest BCUT2D eigenvalue weighted by atomic mass is 16.3. The molecule has 1 amide bonds. The normalized spacial score (nSPS) is 10.9. The number of para-hydroxylation sites is 1. The molecule has 2 aromatic carbocycles. The molecular weight excluding hydrogens is 318 g/mol. The van der Waals surface area contributed by atoms with Crippen LogP contribution in [0.3, 0.4) is 0 Å². The molecule has 2 aromatic heterocycles. The molecular formula is C18H15N5O2. The number of hydrogen-bond acceptors (Lipinski definition) is 5. The molecule has 7 heteroatoms. The van der Waals surface area contributed by atoms with Gasteiger partial charge in [-0.15, -0.1) is 5.10 Å². The molecule has 1 N–H and O–H groups in total. The average Bonchev–Trinajstić information content (AvgIpc) is 3.24. The number of furan rings is 1. The Kier molecular flexibility index (Phi) is 3.74. The Morgan fingerprint density at radius 3 is 2.84 bits per heavy atom. The van der Waals surface area contributed by atoms with Gasteiger partial charge in [0.1, 0.15) is 11.3 Å². The van der Waals surface area contributed by atoms with Gasteiger partial charge >= 0.3 is 0 Å². The van der Waals surface area contributed by atoms with Crippen LogP contribution >= 0.6 is 0 Å². The summed E-state index contributed by atoms with van der Waals surface area (Å²) in [6.07, 6.45) is 0. The van der Waals surface area contributed by atoms with Crippen molar-refractivity contribution in [3.63, 3.8) is 0 Å². The first-order chi connectivity index (χ1) is 12.2. The number of carbonyl (C=O) groups is 1. The number of fused-ring (bicyclic) bond motifs is 1. The third-order valence-electron chi connectivity index (χ3n) is 3.84. The molecule has 0 aliphatic heterocycles. The minimum atomic E-state index is -0.191. The molecule has 0 aliphatic rings. The predicted molar refractivity (Wildman–Crippen MR) is 91.3 cm³/mol. The van der Waals surface area contributed by atoms with Gasteiger partial charge in [0.05, 0.1) is 12.2 Å². The number of nitrogens with zero attached hydrogens (tertiary/aromatic N) is 4. The van der Waals surface area contributed by atoms with Gasteiger partial charge in [-0.05, 0) is 53.7 Å². The van der Waals surface area contributed by atoms with Crippen LogP contribution in [0.1, 0.15) is 21.9 Å². The van der Waals surface area contributed by atoms with Crippen LogP contribution in [-0.2, 0) is 6.54 Å². The number of hydrogen-bond donors (Lipinski definition) is 1. The molecule has 4 aromatic rings. The zero-order chi connectivity index (χ0) is 17.2. The van der Waals surface area contributed by atoms with Gasteiger partial charge in [-0.3, -0.25) is 4.79 Å². The summed E-state index contributed by atoms with van der Waals surface area (Å²) in [5.74, 6) is 1.18. The van der Waals surface area contributed by atoms with Gasteiger partial charge in [-0.1, -0.05) is 18.2 Å². The lowest BCUT2D eigenvalue weighted by molar-refractivity contribution is 0.0950. The smallest absolute Gasteiger partial charge is 0.251 e. The Morgan fingerprint density at radius 2 is 2.00 bits per heavy atom. The maximum absolute atomic E-state index is 12.4. The number of aromatic nitrogens is 4. The van der Waals surface area contributed by atoms with Gasteiger partial charge in [0.25, 0.3) is 5.91 Å². The molecule has 4 rings (SSSR count). The fourth-order valence-corrected chi connectivity index (χ4v) is 2.66. The number of nitrogens with one attached hydrogen (secondary N) is 1. The van der Waals surface area contributed by atoms with Crippen molar-refractivity contribution in [1.29, 1.82) is 0 Å². The van der Waals surface area contributed by atoms with Crippen LogP contribution in [0, 0.1) is 6.92 Å². The summed E-state index contributed by atoms with van der Waals surface area (Å²) >= 11 is 0. The number of amides is 1. The van der Waals surface area contributed by atoms with Crippen molar-refractivity contribution in [1.82, 2.24) is 25.5 Å². The number of tetrazole rings is 1. The Bertz CT molecular complexity index is 1040. The molecule has 0 aliphatic carbocycles. The SMILES string of the molecule is Cc1cc2cc(C(=O)NCc3nnnn3-c3ccccc3)ccc2o1. The first kappa shape index (κ1) is 15.1. The van der Waals surface area contributed by atoms with Crippen LogP contribution in [0.25, 0.3) is 16.7 Å². The van der Waals surface area contributed by atoms with Crippen molar-refractivity contribution in [3.8, 4) is 5.69 Å². The van der Waals surface area contributed by atoms with Crippen LogP contribution < -0.4 is 5.32 Å². The summed E-state index contributed by atoms with van der Waals surface area (Å²) < 4.78 is 7.12. The van der Waals surface area contributed by atoms with Gasteiger partial charge < -0.3 is 9.73 Å². The highest BCUT2D eigenvalue weighted by Gasteiger charge is 2.12. The van der Waals surface area contributed by atoms with E-state index >= 15 is 0 Å². The van der Waals surface area contributed by atoms with E-state index < -0.39 is 0 Å². The molecule has 0 unspecified atom stereocenters. The standard InChI is InChI=1S/C18H15N5O2/c1-12-9-14-10-13(7-8-16(14)25-12)18(24)19-11-17-20-21-22-23(17)15-5-3-2-4-6-15/h2-10H,11H2,1H3,(H,19,24). The first-order valence-corrected chi connectivity index (χ1v) is 7.82. The monoisotopic (exact) mass is 333 g/mol. The minimum Gasteiger partial charge on any atom is -0.461 e. The fraction of sp³-hybridized carbons (Fsp3) is 0.111. The quantitative estimate of drug-likeness (QED) is 0.620. The Morgan fingerprint density at radius 1 is 1.16 bits per heavy atom. The number of rotatable bonds is 4. The van der Waals surface area contributed by atoms with E-state index in [-0.39, 0.29) is 12.5 Å². The van der Waals surface area contributed by atoms with E-state index in [2.05, 4.69) is 20.8 Å². The molecule has 124 valence electrons. The minimum absolute atomic E-state index is 0.191. The van der Waals surface area contributed by atoms with Crippen LogP contribution in [0.2, 0.25) is 0 Å². The third-order valence-corrected chi connectivity index (χ3v) is 3.84. The van der Waals surface area contributed by atoms with Crippen LogP contribution in [0.5, 0.6) is 0 Å². The summed E-state index contributed by atoms with van der Waals surface area (Å²) in [6, 6.07) is 16.8. The molecule has 0 atom stereocenters. The number of carbonyl (C=O) groups excluding carboxylic acids is 1. The largest absolute Gasteiger partial charge is 0.461 e. The lowest BCUT2D eigenvalue weighted by Crippen LogP contribution is -2.24. The van der Waals surface area contributed by atoms with E-state index in [1.165, 1.54) is 0 Å². The second-order valence-corrected chi connectivity index (χ2v) is 5.63. The second kappa shape index (κ2) is 6.20. The third kappa shape index (κ3) is 2.99. The van der Waals surface area contributed by atoms with E-state index in [0.717, 1.165) is 22.4 Å². The summed E-state index contributed by atoms with van der Waals surface area (Å²) in [7, 11) is 0. The van der Waals surface area contributed by atoms with Crippen molar-refractivity contribution >= 4 is 16.9 Å². The topological polar surface area (TPSA) is 85.8 Å². The van der Waals surface area contributed by atoms with Crippen LogP contribution in [0.4, 0.5) is 0 Å². The molecule has 0 fully saturated rings. The van der Waals surface area contributed by atoms with Gasteiger partial charge in [0.15, 0.2) is 5.82 Å². The van der Waals surface area contributed by atoms with E-state index in [1.807, 2.05) is 43.3 Å². The van der Waals surface area contributed by atoms with Gasteiger partial charge in [-0.25, -0.2) is 0 Å². The molecule has 0 radical (unpaired) electrons. The fourth-order valence-electron chi connectivity index (χ4n) is 2.66. The molecule has 0 saturated carbocycles. The van der Waals surface area contributed by atoms with Gasteiger partial charge in [0.2, 0.25) is 0 Å². The molecule has 0 spiro atoms. The maximum atomic E-state index is 12.4. The highest BCUT2D eigenvalue weighted by molar-refractivity contribution is 5.97. The zero-order valence-corrected chi connectivity index (χ0v) is 13.5. The Labute approximate surface area is 143 Å². The summed E-state index contributed by atoms with van der Waals surface area (Å²) in [6.45, 7) is 2.10. The van der Waals surface area contributed by atoms with E-state index in [0.29, 0.717) is 11.4 Å². The highest BCUT2D eigenvalue weighted by Crippen LogP contribution is 2.20. The van der Waals surface area contributed by atoms with Crippen LogP contribution in [-0.4, -0.2) is 26.1 Å². The molecule has 25 heavy (non-hydrogen) atoms. The summed E-state index contributed by atoms with van der Waals surface area (Å²) in [4.78, 5) is 12.4. The lowest BCUT2D eigenvalue weighted by atomic mass is 10.1. The molecule has 0 saturated heterocycles. The van der Waals surface area contributed by atoms with E-state index in [9.17, 15) is 4.79 Å². The Hall–Kier alpha value is -3.48. The number of aryl methyl sites for hydroxylation is 1. The summed E-state index contributed by atoms with van der Waals surface area (Å²) in [5.41, 5.74) is 2.17. The average molecular weight is 333 g/mol. The Balaban J connectivity index is 1.51. The van der Waals surface area contributed by atoms with Crippen molar-refractivity contribution in [3.05, 3.63) is 71.7 Å².